The summed E-state index contributed by atoms with van der Waals surface area (Å²) < 4.78 is 0. The third kappa shape index (κ3) is 2.09. The summed E-state index contributed by atoms with van der Waals surface area (Å²) in [6, 6.07) is 0. The summed E-state index contributed by atoms with van der Waals surface area (Å²) in [5.41, 5.74) is 1.64. The fourth-order valence-corrected chi connectivity index (χ4v) is 1.79. The standard InChI is InChI=1S/C11H15NO3/c1-4-5-8-6(2)9(11(14)15)10(13)12-7(8)3/h4-5H2,1-3H3,(H,12,13)(H,14,15). The SMILES string of the molecule is CCCc1c(C)[nH]c(=O)c(C(=O)O)c1C. The van der Waals surface area contributed by atoms with Gasteiger partial charge in [0.2, 0.25) is 0 Å². The molecule has 0 spiro atoms. The molecule has 1 aromatic heterocycles. The first-order valence-corrected chi connectivity index (χ1v) is 4.94. The maximum absolute atomic E-state index is 11.4. The fraction of sp³-hybridized carbons (Fsp3) is 0.455. The van der Waals surface area contributed by atoms with Gasteiger partial charge in [0.25, 0.3) is 5.56 Å². The van der Waals surface area contributed by atoms with Crippen LogP contribution in [0.5, 0.6) is 0 Å². The zero-order valence-electron chi connectivity index (χ0n) is 9.18. The van der Waals surface area contributed by atoms with Crippen LogP contribution in [-0.2, 0) is 6.42 Å². The summed E-state index contributed by atoms with van der Waals surface area (Å²) in [4.78, 5) is 24.9. The number of H-pyrrole nitrogens is 1. The topological polar surface area (TPSA) is 70.2 Å². The van der Waals surface area contributed by atoms with Gasteiger partial charge in [-0.3, -0.25) is 4.79 Å². The maximum atomic E-state index is 11.4. The van der Waals surface area contributed by atoms with Crippen LogP contribution in [-0.4, -0.2) is 16.1 Å². The molecule has 1 heterocycles. The summed E-state index contributed by atoms with van der Waals surface area (Å²) in [6.07, 6.45) is 1.71. The second-order valence-corrected chi connectivity index (χ2v) is 3.61. The summed E-state index contributed by atoms with van der Waals surface area (Å²) in [7, 11) is 0. The number of carbonyl (C=O) groups is 1. The normalized spacial score (nSPS) is 10.3. The Kier molecular flexibility index (Phi) is 3.29. The van der Waals surface area contributed by atoms with Gasteiger partial charge in [-0.15, -0.1) is 0 Å². The van der Waals surface area contributed by atoms with Crippen LogP contribution in [0.25, 0.3) is 0 Å². The molecule has 0 saturated carbocycles. The van der Waals surface area contributed by atoms with Crippen molar-refractivity contribution in [3.8, 4) is 0 Å². The van der Waals surface area contributed by atoms with Gasteiger partial charge >= 0.3 is 5.97 Å². The van der Waals surface area contributed by atoms with Crippen molar-refractivity contribution in [2.75, 3.05) is 0 Å². The Labute approximate surface area is 88.0 Å². The molecule has 4 nitrogen and oxygen atoms in total. The fourth-order valence-electron chi connectivity index (χ4n) is 1.79. The molecule has 1 aromatic rings. The number of rotatable bonds is 3. The van der Waals surface area contributed by atoms with Crippen LogP contribution < -0.4 is 5.56 Å². The molecule has 0 fully saturated rings. The maximum Gasteiger partial charge on any atom is 0.341 e. The smallest absolute Gasteiger partial charge is 0.341 e. The molecule has 4 heteroatoms. The summed E-state index contributed by atoms with van der Waals surface area (Å²) in [6.45, 7) is 5.51. The van der Waals surface area contributed by atoms with E-state index >= 15 is 0 Å². The summed E-state index contributed by atoms with van der Waals surface area (Å²) >= 11 is 0. The van der Waals surface area contributed by atoms with Crippen molar-refractivity contribution in [1.82, 2.24) is 4.98 Å². The summed E-state index contributed by atoms with van der Waals surface area (Å²) in [5, 5.41) is 8.91. The second-order valence-electron chi connectivity index (χ2n) is 3.61. The lowest BCUT2D eigenvalue weighted by atomic mass is 9.99. The number of nitrogens with one attached hydrogen (secondary N) is 1. The van der Waals surface area contributed by atoms with Gasteiger partial charge < -0.3 is 10.1 Å². The number of hydrogen-bond donors (Lipinski definition) is 2. The van der Waals surface area contributed by atoms with Crippen LogP contribution in [0.15, 0.2) is 4.79 Å². The number of hydrogen-bond acceptors (Lipinski definition) is 2. The predicted octanol–water partition coefficient (Wildman–Crippen LogP) is 1.64. The van der Waals surface area contributed by atoms with E-state index in [-0.39, 0.29) is 5.56 Å². The predicted molar refractivity (Wildman–Crippen MR) is 57.5 cm³/mol. The molecule has 0 bridgehead atoms. The van der Waals surface area contributed by atoms with Crippen molar-refractivity contribution in [1.29, 1.82) is 0 Å². The highest BCUT2D eigenvalue weighted by Gasteiger charge is 2.16. The molecule has 82 valence electrons. The van der Waals surface area contributed by atoms with Crippen LogP contribution in [0.3, 0.4) is 0 Å². The highest BCUT2D eigenvalue weighted by Crippen LogP contribution is 2.15. The van der Waals surface area contributed by atoms with Crippen molar-refractivity contribution in [3.63, 3.8) is 0 Å². The number of aryl methyl sites for hydroxylation is 1. The molecule has 0 aromatic carbocycles. The van der Waals surface area contributed by atoms with Gasteiger partial charge in [-0.05, 0) is 31.4 Å². The van der Waals surface area contributed by atoms with Crippen molar-refractivity contribution >= 4 is 5.97 Å². The first-order valence-electron chi connectivity index (χ1n) is 4.94. The lowest BCUT2D eigenvalue weighted by molar-refractivity contribution is 0.0694. The van der Waals surface area contributed by atoms with Crippen molar-refractivity contribution in [2.24, 2.45) is 0 Å². The number of aromatic nitrogens is 1. The molecule has 0 radical (unpaired) electrons. The molecule has 0 aliphatic carbocycles. The van der Waals surface area contributed by atoms with E-state index in [1.807, 2.05) is 6.92 Å². The first kappa shape index (κ1) is 11.5. The highest BCUT2D eigenvalue weighted by molar-refractivity contribution is 5.89. The second kappa shape index (κ2) is 4.29. The Morgan fingerprint density at radius 1 is 1.40 bits per heavy atom. The monoisotopic (exact) mass is 209 g/mol. The Morgan fingerprint density at radius 2 is 2.00 bits per heavy atom. The average molecular weight is 209 g/mol. The van der Waals surface area contributed by atoms with E-state index in [4.69, 9.17) is 5.11 Å². The van der Waals surface area contributed by atoms with E-state index in [1.165, 1.54) is 0 Å². The Morgan fingerprint density at radius 3 is 2.47 bits per heavy atom. The molecule has 2 N–H and O–H groups in total. The zero-order valence-corrected chi connectivity index (χ0v) is 9.18. The first-order chi connectivity index (χ1) is 6.99. The van der Waals surface area contributed by atoms with Crippen LogP contribution in [0.1, 0.15) is 40.5 Å². The molecular weight excluding hydrogens is 194 g/mol. The van der Waals surface area contributed by atoms with E-state index < -0.39 is 11.5 Å². The van der Waals surface area contributed by atoms with Crippen LogP contribution in [0.2, 0.25) is 0 Å². The van der Waals surface area contributed by atoms with Gasteiger partial charge in [0.15, 0.2) is 0 Å². The average Bonchev–Trinajstić information content (AvgIpc) is 2.11. The molecule has 0 aliphatic heterocycles. The zero-order chi connectivity index (χ0) is 11.6. The number of carboxylic acid groups (broad SMARTS) is 1. The number of pyridine rings is 1. The largest absolute Gasteiger partial charge is 0.477 e. The Hall–Kier alpha value is -1.58. The van der Waals surface area contributed by atoms with Gasteiger partial charge in [-0.25, -0.2) is 4.79 Å². The van der Waals surface area contributed by atoms with E-state index in [2.05, 4.69) is 4.98 Å². The minimum Gasteiger partial charge on any atom is -0.477 e. The van der Waals surface area contributed by atoms with Crippen molar-refractivity contribution in [3.05, 3.63) is 32.7 Å². The molecule has 0 amide bonds. The third-order valence-electron chi connectivity index (χ3n) is 2.52. The van der Waals surface area contributed by atoms with E-state index in [1.54, 1.807) is 13.8 Å². The number of aromatic carboxylic acids is 1. The number of aromatic amines is 1. The highest BCUT2D eigenvalue weighted by atomic mass is 16.4. The van der Waals surface area contributed by atoms with Gasteiger partial charge in [0.05, 0.1) is 0 Å². The van der Waals surface area contributed by atoms with Crippen LogP contribution in [0, 0.1) is 13.8 Å². The van der Waals surface area contributed by atoms with Gasteiger partial charge in [-0.2, -0.15) is 0 Å². The van der Waals surface area contributed by atoms with Gasteiger partial charge in [-0.1, -0.05) is 13.3 Å². The minimum absolute atomic E-state index is 0.135. The Balaban J connectivity index is 3.49. The number of carboxylic acids is 1. The lowest BCUT2D eigenvalue weighted by Crippen LogP contribution is -2.22. The quantitative estimate of drug-likeness (QED) is 0.795. The molecule has 0 atom stereocenters. The van der Waals surface area contributed by atoms with Crippen LogP contribution >= 0.6 is 0 Å². The van der Waals surface area contributed by atoms with Gasteiger partial charge in [0, 0.05) is 5.69 Å². The molecule has 1 rings (SSSR count). The Bertz CT molecular complexity index is 446. The van der Waals surface area contributed by atoms with E-state index in [0.29, 0.717) is 5.56 Å². The molecule has 15 heavy (non-hydrogen) atoms. The molecular formula is C11H15NO3. The third-order valence-corrected chi connectivity index (χ3v) is 2.52. The van der Waals surface area contributed by atoms with Crippen molar-refractivity contribution < 1.29 is 9.90 Å². The molecule has 0 unspecified atom stereocenters. The van der Waals surface area contributed by atoms with E-state index in [0.717, 1.165) is 24.1 Å². The van der Waals surface area contributed by atoms with Crippen LogP contribution in [0.4, 0.5) is 0 Å². The molecule has 0 saturated heterocycles. The van der Waals surface area contributed by atoms with Crippen molar-refractivity contribution in [2.45, 2.75) is 33.6 Å². The summed E-state index contributed by atoms with van der Waals surface area (Å²) in [5.74, 6) is -1.16. The van der Waals surface area contributed by atoms with E-state index in [9.17, 15) is 9.59 Å². The van der Waals surface area contributed by atoms with Gasteiger partial charge in [0.1, 0.15) is 5.56 Å². The minimum atomic E-state index is -1.16. The lowest BCUT2D eigenvalue weighted by Gasteiger charge is -2.10. The molecule has 0 aliphatic rings.